The van der Waals surface area contributed by atoms with Crippen molar-refractivity contribution in [1.82, 2.24) is 19.8 Å². The maximum atomic E-state index is 11.8. The summed E-state index contributed by atoms with van der Waals surface area (Å²) in [6.07, 6.45) is 5.99. The van der Waals surface area contributed by atoms with Crippen molar-refractivity contribution in [3.8, 4) is 0 Å². The number of methoxy groups -OCH3 is 1. The van der Waals surface area contributed by atoms with Crippen LogP contribution < -0.4 is 5.32 Å². The topological polar surface area (TPSA) is 71.8 Å². The van der Waals surface area contributed by atoms with E-state index in [1.807, 2.05) is 19.3 Å². The molecule has 0 aliphatic carbocycles. The minimum Gasteiger partial charge on any atom is -0.469 e. The van der Waals surface area contributed by atoms with Crippen LogP contribution in [0.4, 0.5) is 0 Å². The monoisotopic (exact) mass is 335 g/mol. The summed E-state index contributed by atoms with van der Waals surface area (Å²) < 4.78 is 7.06. The van der Waals surface area contributed by atoms with E-state index >= 15 is 0 Å². The van der Waals surface area contributed by atoms with Gasteiger partial charge in [0.05, 0.1) is 13.0 Å². The minimum atomic E-state index is -0.129. The highest BCUT2D eigenvalue weighted by Gasteiger charge is 2.36. The molecule has 2 heterocycles. The zero-order valence-corrected chi connectivity index (χ0v) is 15.2. The van der Waals surface area contributed by atoms with Crippen LogP contribution in [0.3, 0.4) is 0 Å². The van der Waals surface area contributed by atoms with E-state index in [9.17, 15) is 4.79 Å². The van der Waals surface area contributed by atoms with Crippen molar-refractivity contribution in [3.05, 3.63) is 18.2 Å². The first-order valence-electron chi connectivity index (χ1n) is 8.58. The summed E-state index contributed by atoms with van der Waals surface area (Å²) in [4.78, 5) is 22.5. The zero-order valence-electron chi connectivity index (χ0n) is 15.2. The molecule has 0 saturated carbocycles. The third-order valence-electron chi connectivity index (χ3n) is 4.66. The lowest BCUT2D eigenvalue weighted by molar-refractivity contribution is -0.145. The first kappa shape index (κ1) is 18.3. The summed E-state index contributed by atoms with van der Waals surface area (Å²) in [6.45, 7) is 7.45. The van der Waals surface area contributed by atoms with Crippen LogP contribution in [-0.2, 0) is 16.1 Å². The fourth-order valence-corrected chi connectivity index (χ4v) is 3.18. The summed E-state index contributed by atoms with van der Waals surface area (Å²) in [7, 11) is 3.24. The highest BCUT2D eigenvalue weighted by molar-refractivity contribution is 5.82. The Kier molecular flexibility index (Phi) is 6.63. The van der Waals surface area contributed by atoms with E-state index < -0.39 is 0 Å². The van der Waals surface area contributed by atoms with Crippen molar-refractivity contribution in [2.75, 3.05) is 33.8 Å². The summed E-state index contributed by atoms with van der Waals surface area (Å²) >= 11 is 0. The number of hydrogen-bond acceptors (Lipinski definition) is 4. The number of unbranched alkanes of at least 4 members (excludes halogenated alkanes) is 1. The lowest BCUT2D eigenvalue weighted by atomic mass is 9.99. The number of guanidine groups is 1. The van der Waals surface area contributed by atoms with E-state index in [1.54, 1.807) is 7.05 Å². The number of carbonyl (C=O) groups is 1. The minimum absolute atomic E-state index is 0.0715. The highest BCUT2D eigenvalue weighted by atomic mass is 16.5. The molecule has 2 unspecified atom stereocenters. The molecule has 0 bridgehead atoms. The van der Waals surface area contributed by atoms with Crippen LogP contribution in [0.5, 0.6) is 0 Å². The number of nitrogens with zero attached hydrogens (tertiary/aromatic N) is 4. The fraction of sp³-hybridized carbons (Fsp3) is 0.706. The van der Waals surface area contributed by atoms with E-state index in [1.165, 1.54) is 7.11 Å². The summed E-state index contributed by atoms with van der Waals surface area (Å²) in [6, 6.07) is 0. The van der Waals surface area contributed by atoms with Gasteiger partial charge in [-0.05, 0) is 25.7 Å². The number of imidazole rings is 1. The molecule has 1 aliphatic rings. The van der Waals surface area contributed by atoms with Gasteiger partial charge in [-0.15, -0.1) is 0 Å². The molecule has 1 saturated heterocycles. The number of hydrogen-bond donors (Lipinski definition) is 1. The van der Waals surface area contributed by atoms with Gasteiger partial charge in [-0.2, -0.15) is 0 Å². The Morgan fingerprint density at radius 2 is 2.25 bits per heavy atom. The van der Waals surface area contributed by atoms with Gasteiger partial charge < -0.3 is 19.5 Å². The van der Waals surface area contributed by atoms with Crippen LogP contribution in [-0.4, -0.2) is 60.2 Å². The second-order valence-electron chi connectivity index (χ2n) is 6.36. The number of nitrogens with one attached hydrogen (secondary N) is 1. The van der Waals surface area contributed by atoms with Gasteiger partial charge in [0.2, 0.25) is 0 Å². The lowest BCUT2D eigenvalue weighted by Crippen LogP contribution is -2.41. The van der Waals surface area contributed by atoms with Crippen molar-refractivity contribution in [3.63, 3.8) is 0 Å². The average Bonchev–Trinajstić information content (AvgIpc) is 3.16. The number of aliphatic imine (C=N–C) groups is 1. The van der Waals surface area contributed by atoms with Gasteiger partial charge in [-0.1, -0.05) is 6.92 Å². The Morgan fingerprint density at radius 3 is 2.88 bits per heavy atom. The smallest absolute Gasteiger partial charge is 0.310 e. The number of rotatable bonds is 6. The first-order chi connectivity index (χ1) is 11.6. The molecule has 2 rings (SSSR count). The molecule has 0 aromatic carbocycles. The van der Waals surface area contributed by atoms with Crippen molar-refractivity contribution in [1.29, 1.82) is 0 Å². The van der Waals surface area contributed by atoms with E-state index in [0.29, 0.717) is 6.54 Å². The second kappa shape index (κ2) is 8.70. The predicted molar refractivity (Wildman–Crippen MR) is 93.8 cm³/mol. The fourth-order valence-electron chi connectivity index (χ4n) is 3.18. The zero-order chi connectivity index (χ0) is 17.5. The Balaban J connectivity index is 1.73. The molecule has 0 radical (unpaired) electrons. The molecule has 1 aromatic heterocycles. The van der Waals surface area contributed by atoms with Crippen molar-refractivity contribution < 1.29 is 9.53 Å². The normalized spacial score (nSPS) is 21.2. The number of carbonyl (C=O) groups excluding carboxylic acids is 1. The molecule has 134 valence electrons. The van der Waals surface area contributed by atoms with Gasteiger partial charge in [-0.3, -0.25) is 9.79 Å². The van der Waals surface area contributed by atoms with Crippen molar-refractivity contribution in [2.24, 2.45) is 16.8 Å². The molecule has 0 amide bonds. The number of ether oxygens (including phenoxy) is 1. The molecule has 7 nitrogen and oxygen atoms in total. The standard InChI is InChI=1S/C17H29N5O2/c1-13-11-22(12-15(13)16(23)24-4)17(18-3)20-7-5-6-9-21-10-8-19-14(21)2/h8,10,13,15H,5-7,9,11-12H2,1-4H3,(H,18,20). The molecular weight excluding hydrogens is 306 g/mol. The Hall–Kier alpha value is -2.05. The number of aryl methyl sites for hydroxylation is 2. The predicted octanol–water partition coefficient (Wildman–Crippen LogP) is 1.29. The summed E-state index contributed by atoms with van der Waals surface area (Å²) in [5.74, 6) is 2.00. The van der Waals surface area contributed by atoms with Gasteiger partial charge in [0, 0.05) is 45.6 Å². The first-order valence-corrected chi connectivity index (χ1v) is 8.58. The van der Waals surface area contributed by atoms with E-state index in [2.05, 4.69) is 31.7 Å². The van der Waals surface area contributed by atoms with Crippen molar-refractivity contribution in [2.45, 2.75) is 33.2 Å². The highest BCUT2D eigenvalue weighted by Crippen LogP contribution is 2.24. The van der Waals surface area contributed by atoms with Gasteiger partial charge in [0.15, 0.2) is 5.96 Å². The molecular formula is C17H29N5O2. The summed E-state index contributed by atoms with van der Waals surface area (Å²) in [5, 5.41) is 3.40. The van der Waals surface area contributed by atoms with Gasteiger partial charge in [0.25, 0.3) is 0 Å². The van der Waals surface area contributed by atoms with Crippen LogP contribution in [0.15, 0.2) is 17.4 Å². The molecule has 1 aliphatic heterocycles. The summed E-state index contributed by atoms with van der Waals surface area (Å²) in [5.41, 5.74) is 0. The van der Waals surface area contributed by atoms with Crippen LogP contribution in [0.25, 0.3) is 0 Å². The maximum absolute atomic E-state index is 11.8. The molecule has 1 fully saturated rings. The molecule has 2 atom stereocenters. The Labute approximate surface area is 144 Å². The lowest BCUT2D eigenvalue weighted by Gasteiger charge is -2.21. The maximum Gasteiger partial charge on any atom is 0.310 e. The third kappa shape index (κ3) is 4.49. The van der Waals surface area contributed by atoms with Gasteiger partial charge in [-0.25, -0.2) is 4.98 Å². The van der Waals surface area contributed by atoms with E-state index in [-0.39, 0.29) is 17.8 Å². The number of esters is 1. The molecule has 24 heavy (non-hydrogen) atoms. The molecule has 1 N–H and O–H groups in total. The Morgan fingerprint density at radius 1 is 1.46 bits per heavy atom. The number of aromatic nitrogens is 2. The number of likely N-dealkylation sites (tertiary alicyclic amines) is 1. The largest absolute Gasteiger partial charge is 0.469 e. The second-order valence-corrected chi connectivity index (χ2v) is 6.36. The molecule has 1 aromatic rings. The van der Waals surface area contributed by atoms with Gasteiger partial charge >= 0.3 is 5.97 Å². The van der Waals surface area contributed by atoms with Crippen molar-refractivity contribution >= 4 is 11.9 Å². The molecule has 0 spiro atoms. The van der Waals surface area contributed by atoms with Crippen LogP contribution in [0.2, 0.25) is 0 Å². The quantitative estimate of drug-likeness (QED) is 0.367. The van der Waals surface area contributed by atoms with Crippen LogP contribution in [0.1, 0.15) is 25.6 Å². The van der Waals surface area contributed by atoms with Crippen LogP contribution >= 0.6 is 0 Å². The SMILES string of the molecule is CN=C(NCCCCn1ccnc1C)N1CC(C)C(C(=O)OC)C1. The van der Waals surface area contributed by atoms with Gasteiger partial charge in [0.1, 0.15) is 5.82 Å². The average molecular weight is 335 g/mol. The Bertz CT molecular complexity index is 569. The van der Waals surface area contributed by atoms with Crippen LogP contribution in [0, 0.1) is 18.8 Å². The molecule has 7 heteroatoms. The third-order valence-corrected chi connectivity index (χ3v) is 4.66. The van der Waals surface area contributed by atoms with E-state index in [4.69, 9.17) is 4.74 Å². The van der Waals surface area contributed by atoms with E-state index in [0.717, 1.165) is 44.3 Å².